The molecule has 0 saturated carbocycles. The molecule has 0 aromatic carbocycles. The molecule has 1 nitrogen and oxygen atoms in total. The molecule has 1 N–H and O–H groups in total. The Balaban J connectivity index is 2.24. The molecule has 1 fully saturated rings. The third kappa shape index (κ3) is 3.14. The molecule has 1 unspecified atom stereocenters. The molecular weight excluding hydrogens is 146 g/mol. The van der Waals surface area contributed by atoms with Crippen LogP contribution in [0.2, 0.25) is 0 Å². The predicted octanol–water partition coefficient (Wildman–Crippen LogP) is 2.81. The van der Waals surface area contributed by atoms with Crippen molar-refractivity contribution >= 4 is 0 Å². The largest absolute Gasteiger partial charge is 0.314 e. The van der Waals surface area contributed by atoms with Crippen LogP contribution in [0.25, 0.3) is 0 Å². The number of hydrogen-bond donors (Lipinski definition) is 1. The van der Waals surface area contributed by atoms with E-state index >= 15 is 0 Å². The van der Waals surface area contributed by atoms with Gasteiger partial charge in [0.25, 0.3) is 0 Å². The van der Waals surface area contributed by atoms with E-state index in [1.54, 1.807) is 0 Å². The second kappa shape index (κ2) is 4.86. The zero-order valence-corrected chi connectivity index (χ0v) is 8.77. The zero-order valence-electron chi connectivity index (χ0n) is 8.77. The van der Waals surface area contributed by atoms with Crippen molar-refractivity contribution in [3.8, 4) is 0 Å². The molecule has 0 aromatic rings. The minimum atomic E-state index is 0.807. The maximum atomic E-state index is 3.62. The van der Waals surface area contributed by atoms with Crippen molar-refractivity contribution in [2.24, 2.45) is 11.8 Å². The van der Waals surface area contributed by atoms with E-state index < -0.39 is 0 Å². The van der Waals surface area contributed by atoms with Gasteiger partial charge in [0.15, 0.2) is 0 Å². The lowest BCUT2D eigenvalue weighted by Crippen LogP contribution is -2.39. The lowest BCUT2D eigenvalue weighted by molar-refractivity contribution is 0.276. The van der Waals surface area contributed by atoms with Crippen LogP contribution in [0.4, 0.5) is 0 Å². The van der Waals surface area contributed by atoms with Crippen LogP contribution in [0.1, 0.15) is 46.5 Å². The summed E-state index contributed by atoms with van der Waals surface area (Å²) < 4.78 is 0. The standard InChI is InChI=1S/C11H23N/c1-9(2)8-10(3)11-6-4-5-7-12-11/h9-12H,4-8H2,1-3H3/t10-,11?/m1/s1. The van der Waals surface area contributed by atoms with Crippen LogP contribution in [-0.2, 0) is 0 Å². The third-order valence-corrected chi connectivity index (χ3v) is 2.88. The van der Waals surface area contributed by atoms with E-state index in [-0.39, 0.29) is 0 Å². The van der Waals surface area contributed by atoms with Gasteiger partial charge in [-0.3, -0.25) is 0 Å². The van der Waals surface area contributed by atoms with Gasteiger partial charge in [0, 0.05) is 6.04 Å². The van der Waals surface area contributed by atoms with Crippen LogP contribution >= 0.6 is 0 Å². The molecule has 0 bridgehead atoms. The molecule has 1 aliphatic rings. The van der Waals surface area contributed by atoms with Crippen LogP contribution in [0.15, 0.2) is 0 Å². The molecule has 1 saturated heterocycles. The van der Waals surface area contributed by atoms with Crippen molar-refractivity contribution in [2.45, 2.75) is 52.5 Å². The van der Waals surface area contributed by atoms with Gasteiger partial charge in [-0.2, -0.15) is 0 Å². The minimum absolute atomic E-state index is 0.807. The first-order chi connectivity index (χ1) is 5.70. The zero-order chi connectivity index (χ0) is 8.97. The van der Waals surface area contributed by atoms with Crippen LogP contribution in [-0.4, -0.2) is 12.6 Å². The van der Waals surface area contributed by atoms with E-state index in [9.17, 15) is 0 Å². The van der Waals surface area contributed by atoms with Crippen LogP contribution in [0, 0.1) is 11.8 Å². The van der Waals surface area contributed by atoms with E-state index in [1.807, 2.05) is 0 Å². The Morgan fingerprint density at radius 1 is 1.25 bits per heavy atom. The highest BCUT2D eigenvalue weighted by atomic mass is 14.9. The lowest BCUT2D eigenvalue weighted by atomic mass is 9.87. The summed E-state index contributed by atoms with van der Waals surface area (Å²) in [6.07, 6.45) is 5.58. The molecule has 1 heterocycles. The normalized spacial score (nSPS) is 27.5. The molecule has 1 aliphatic heterocycles. The Hall–Kier alpha value is -0.0400. The van der Waals surface area contributed by atoms with Gasteiger partial charge in [0.05, 0.1) is 0 Å². The molecule has 1 rings (SSSR count). The van der Waals surface area contributed by atoms with Gasteiger partial charge in [0.1, 0.15) is 0 Å². The molecule has 0 aromatic heterocycles. The summed E-state index contributed by atoms with van der Waals surface area (Å²) >= 11 is 0. The topological polar surface area (TPSA) is 12.0 Å². The van der Waals surface area contributed by atoms with E-state index in [1.165, 1.54) is 32.2 Å². The Bertz CT molecular complexity index is 114. The maximum Gasteiger partial charge on any atom is 0.00927 e. The molecule has 0 amide bonds. The Morgan fingerprint density at radius 2 is 2.00 bits per heavy atom. The monoisotopic (exact) mass is 169 g/mol. The molecule has 0 aliphatic carbocycles. The number of rotatable bonds is 3. The molecule has 0 spiro atoms. The van der Waals surface area contributed by atoms with Gasteiger partial charge >= 0.3 is 0 Å². The number of nitrogens with one attached hydrogen (secondary N) is 1. The number of hydrogen-bond acceptors (Lipinski definition) is 1. The second-order valence-corrected chi connectivity index (χ2v) is 4.66. The van der Waals surface area contributed by atoms with E-state index in [0.717, 1.165) is 17.9 Å². The van der Waals surface area contributed by atoms with Gasteiger partial charge < -0.3 is 5.32 Å². The Morgan fingerprint density at radius 3 is 2.50 bits per heavy atom. The highest BCUT2D eigenvalue weighted by Gasteiger charge is 2.19. The fourth-order valence-corrected chi connectivity index (χ4v) is 2.27. The highest BCUT2D eigenvalue weighted by Crippen LogP contribution is 2.20. The highest BCUT2D eigenvalue weighted by molar-refractivity contribution is 4.77. The fourth-order valence-electron chi connectivity index (χ4n) is 2.27. The maximum absolute atomic E-state index is 3.62. The van der Waals surface area contributed by atoms with Crippen LogP contribution < -0.4 is 5.32 Å². The average molecular weight is 169 g/mol. The molecule has 12 heavy (non-hydrogen) atoms. The third-order valence-electron chi connectivity index (χ3n) is 2.88. The van der Waals surface area contributed by atoms with Gasteiger partial charge in [-0.1, -0.05) is 27.2 Å². The summed E-state index contributed by atoms with van der Waals surface area (Å²) in [5.74, 6) is 1.72. The molecule has 0 radical (unpaired) electrons. The van der Waals surface area contributed by atoms with Gasteiger partial charge in [-0.05, 0) is 37.6 Å². The van der Waals surface area contributed by atoms with Crippen molar-refractivity contribution in [3.05, 3.63) is 0 Å². The predicted molar refractivity (Wildman–Crippen MR) is 54.3 cm³/mol. The fraction of sp³-hybridized carbons (Fsp3) is 1.00. The molecular formula is C11H23N. The molecule has 72 valence electrons. The minimum Gasteiger partial charge on any atom is -0.314 e. The summed E-state index contributed by atoms with van der Waals surface area (Å²) in [5.41, 5.74) is 0. The van der Waals surface area contributed by atoms with Crippen molar-refractivity contribution in [3.63, 3.8) is 0 Å². The first-order valence-electron chi connectivity index (χ1n) is 5.43. The Labute approximate surface area is 76.9 Å². The summed E-state index contributed by atoms with van der Waals surface area (Å²) in [7, 11) is 0. The lowest BCUT2D eigenvalue weighted by Gasteiger charge is -2.30. The van der Waals surface area contributed by atoms with Crippen molar-refractivity contribution < 1.29 is 0 Å². The molecule has 2 atom stereocenters. The van der Waals surface area contributed by atoms with Gasteiger partial charge in [-0.15, -0.1) is 0 Å². The van der Waals surface area contributed by atoms with E-state index in [2.05, 4.69) is 26.1 Å². The summed E-state index contributed by atoms with van der Waals surface area (Å²) in [6, 6.07) is 0.807. The first-order valence-corrected chi connectivity index (χ1v) is 5.43. The van der Waals surface area contributed by atoms with E-state index in [0.29, 0.717) is 0 Å². The Kier molecular flexibility index (Phi) is 4.07. The van der Waals surface area contributed by atoms with Crippen molar-refractivity contribution in [1.29, 1.82) is 0 Å². The SMILES string of the molecule is CC(C)C[C@@H](C)C1CCCCN1. The van der Waals surface area contributed by atoms with E-state index in [4.69, 9.17) is 0 Å². The summed E-state index contributed by atoms with van der Waals surface area (Å²) in [4.78, 5) is 0. The quantitative estimate of drug-likeness (QED) is 0.685. The number of piperidine rings is 1. The summed E-state index contributed by atoms with van der Waals surface area (Å²) in [6.45, 7) is 8.27. The molecule has 1 heteroatoms. The van der Waals surface area contributed by atoms with Crippen LogP contribution in [0.3, 0.4) is 0 Å². The first kappa shape index (κ1) is 10.0. The smallest absolute Gasteiger partial charge is 0.00927 e. The van der Waals surface area contributed by atoms with Gasteiger partial charge in [-0.25, -0.2) is 0 Å². The second-order valence-electron chi connectivity index (χ2n) is 4.66. The van der Waals surface area contributed by atoms with Gasteiger partial charge in [0.2, 0.25) is 0 Å². The van der Waals surface area contributed by atoms with Crippen molar-refractivity contribution in [2.75, 3.05) is 6.54 Å². The average Bonchev–Trinajstić information content (AvgIpc) is 2.05. The summed E-state index contributed by atoms with van der Waals surface area (Å²) in [5, 5.41) is 3.62. The van der Waals surface area contributed by atoms with Crippen LogP contribution in [0.5, 0.6) is 0 Å². The van der Waals surface area contributed by atoms with Crippen molar-refractivity contribution in [1.82, 2.24) is 5.32 Å².